The summed E-state index contributed by atoms with van der Waals surface area (Å²) < 4.78 is 0. The highest BCUT2D eigenvalue weighted by molar-refractivity contribution is 5.08. The quantitative estimate of drug-likeness (QED) is 0.686. The van der Waals surface area contributed by atoms with Gasteiger partial charge in [0, 0.05) is 25.5 Å². The van der Waals surface area contributed by atoms with Gasteiger partial charge in [0.25, 0.3) is 0 Å². The minimum absolute atomic E-state index is 0.285. The summed E-state index contributed by atoms with van der Waals surface area (Å²) in [5.74, 6) is 0. The number of nitrogens with zero attached hydrogens (tertiary/aromatic N) is 1. The minimum atomic E-state index is -0.285. The van der Waals surface area contributed by atoms with E-state index in [9.17, 15) is 0 Å². The molecule has 2 N–H and O–H groups in total. The van der Waals surface area contributed by atoms with Crippen molar-refractivity contribution in [2.45, 2.75) is 19.6 Å². The second kappa shape index (κ2) is 4.85. The molecule has 3 nitrogen and oxygen atoms in total. The number of aliphatic hydroxyl groups is 1. The fourth-order valence-electron chi connectivity index (χ4n) is 0.926. The fraction of sp³-hybridized carbons (Fsp3) is 0.444. The third-order valence-corrected chi connectivity index (χ3v) is 1.52. The molecule has 66 valence electrons. The predicted molar refractivity (Wildman–Crippen MR) is 47.6 cm³/mol. The molecule has 3 heteroatoms. The Morgan fingerprint density at radius 3 is 2.75 bits per heavy atom. The van der Waals surface area contributed by atoms with Crippen molar-refractivity contribution >= 4 is 0 Å². The predicted octanol–water partition coefficient (Wildman–Crippen LogP) is 0.552. The van der Waals surface area contributed by atoms with E-state index >= 15 is 0 Å². The Morgan fingerprint density at radius 2 is 2.17 bits per heavy atom. The standard InChI is InChI=1S/C9H14N2O/c1-8(12)6-11-7-9-2-4-10-5-3-9/h2-5,8,11-12H,6-7H2,1H3/t8-/m1/s1. The molecule has 0 bridgehead atoms. The minimum Gasteiger partial charge on any atom is -0.392 e. The first-order valence-corrected chi connectivity index (χ1v) is 4.06. The normalized spacial score (nSPS) is 12.8. The number of rotatable bonds is 4. The molecule has 1 atom stereocenters. The van der Waals surface area contributed by atoms with E-state index in [0.29, 0.717) is 6.54 Å². The highest BCUT2D eigenvalue weighted by Crippen LogP contribution is 1.94. The van der Waals surface area contributed by atoms with Crippen LogP contribution in [0.4, 0.5) is 0 Å². The van der Waals surface area contributed by atoms with Gasteiger partial charge in [-0.1, -0.05) is 0 Å². The Bertz CT molecular complexity index is 211. The molecule has 1 aromatic heterocycles. The van der Waals surface area contributed by atoms with Gasteiger partial charge in [-0.25, -0.2) is 0 Å². The van der Waals surface area contributed by atoms with Gasteiger partial charge in [0.2, 0.25) is 0 Å². The summed E-state index contributed by atoms with van der Waals surface area (Å²) in [6, 6.07) is 3.91. The molecule has 0 spiro atoms. The van der Waals surface area contributed by atoms with Crippen LogP contribution in [-0.2, 0) is 6.54 Å². The van der Waals surface area contributed by atoms with Crippen molar-refractivity contribution in [2.24, 2.45) is 0 Å². The Balaban J connectivity index is 2.25. The number of hydrogen-bond acceptors (Lipinski definition) is 3. The maximum Gasteiger partial charge on any atom is 0.0636 e. The van der Waals surface area contributed by atoms with Gasteiger partial charge in [0.05, 0.1) is 6.10 Å². The van der Waals surface area contributed by atoms with E-state index in [1.165, 1.54) is 5.56 Å². The smallest absolute Gasteiger partial charge is 0.0636 e. The zero-order valence-corrected chi connectivity index (χ0v) is 7.20. The molecule has 0 unspecified atom stereocenters. The molecule has 0 aliphatic carbocycles. The van der Waals surface area contributed by atoms with Crippen molar-refractivity contribution in [1.82, 2.24) is 10.3 Å². The Morgan fingerprint density at radius 1 is 1.50 bits per heavy atom. The van der Waals surface area contributed by atoms with Gasteiger partial charge >= 0.3 is 0 Å². The van der Waals surface area contributed by atoms with Crippen molar-refractivity contribution in [3.05, 3.63) is 30.1 Å². The van der Waals surface area contributed by atoms with E-state index in [1.807, 2.05) is 12.1 Å². The highest BCUT2D eigenvalue weighted by atomic mass is 16.3. The van der Waals surface area contributed by atoms with Crippen molar-refractivity contribution in [2.75, 3.05) is 6.54 Å². The lowest BCUT2D eigenvalue weighted by Gasteiger charge is -2.05. The summed E-state index contributed by atoms with van der Waals surface area (Å²) in [6.07, 6.45) is 3.24. The van der Waals surface area contributed by atoms with Crippen LogP contribution in [0.15, 0.2) is 24.5 Å². The van der Waals surface area contributed by atoms with Crippen LogP contribution in [-0.4, -0.2) is 22.7 Å². The first-order valence-electron chi connectivity index (χ1n) is 4.06. The largest absolute Gasteiger partial charge is 0.392 e. The molecule has 0 aliphatic heterocycles. The molecule has 0 radical (unpaired) electrons. The van der Waals surface area contributed by atoms with Crippen molar-refractivity contribution in [3.63, 3.8) is 0 Å². The second-order valence-electron chi connectivity index (χ2n) is 2.84. The van der Waals surface area contributed by atoms with E-state index in [2.05, 4.69) is 10.3 Å². The van der Waals surface area contributed by atoms with E-state index < -0.39 is 0 Å². The SMILES string of the molecule is C[C@@H](O)CNCc1ccncc1. The van der Waals surface area contributed by atoms with Gasteiger partial charge in [-0.3, -0.25) is 4.98 Å². The lowest BCUT2D eigenvalue weighted by molar-refractivity contribution is 0.191. The molecule has 12 heavy (non-hydrogen) atoms. The summed E-state index contributed by atoms with van der Waals surface area (Å²) in [4.78, 5) is 3.91. The number of aromatic nitrogens is 1. The van der Waals surface area contributed by atoms with Gasteiger partial charge in [0.15, 0.2) is 0 Å². The average Bonchev–Trinajstić information content (AvgIpc) is 2.05. The molecule has 0 aliphatic rings. The van der Waals surface area contributed by atoms with Gasteiger partial charge in [-0.15, -0.1) is 0 Å². The van der Waals surface area contributed by atoms with Crippen molar-refractivity contribution in [3.8, 4) is 0 Å². The molecular weight excluding hydrogens is 152 g/mol. The van der Waals surface area contributed by atoms with E-state index in [1.54, 1.807) is 19.3 Å². The number of nitrogens with one attached hydrogen (secondary N) is 1. The van der Waals surface area contributed by atoms with Crippen LogP contribution < -0.4 is 5.32 Å². The first-order chi connectivity index (χ1) is 5.79. The molecule has 1 rings (SSSR count). The molecule has 0 saturated heterocycles. The van der Waals surface area contributed by atoms with Gasteiger partial charge in [-0.05, 0) is 24.6 Å². The molecule has 1 heterocycles. The molecule has 0 amide bonds. The van der Waals surface area contributed by atoms with Crippen LogP contribution >= 0.6 is 0 Å². The van der Waals surface area contributed by atoms with Crippen LogP contribution in [0, 0.1) is 0 Å². The summed E-state index contributed by atoms with van der Waals surface area (Å²) in [5, 5.41) is 12.1. The molecule has 0 aromatic carbocycles. The van der Waals surface area contributed by atoms with Gasteiger partial charge in [0.1, 0.15) is 0 Å². The molecule has 0 fully saturated rings. The highest BCUT2D eigenvalue weighted by Gasteiger charge is 1.94. The molecule has 1 aromatic rings. The lowest BCUT2D eigenvalue weighted by atomic mass is 10.2. The topological polar surface area (TPSA) is 45.1 Å². The maximum absolute atomic E-state index is 8.96. The summed E-state index contributed by atoms with van der Waals surface area (Å²) in [7, 11) is 0. The Hall–Kier alpha value is -0.930. The van der Waals surface area contributed by atoms with Crippen LogP contribution in [0.5, 0.6) is 0 Å². The number of pyridine rings is 1. The van der Waals surface area contributed by atoms with Gasteiger partial charge in [-0.2, -0.15) is 0 Å². The van der Waals surface area contributed by atoms with Crippen LogP contribution in [0.3, 0.4) is 0 Å². The van der Waals surface area contributed by atoms with Crippen molar-refractivity contribution < 1.29 is 5.11 Å². The average molecular weight is 166 g/mol. The van der Waals surface area contributed by atoms with E-state index in [0.717, 1.165) is 6.54 Å². The molecule has 0 saturated carbocycles. The van der Waals surface area contributed by atoms with E-state index in [-0.39, 0.29) is 6.10 Å². The van der Waals surface area contributed by atoms with Gasteiger partial charge < -0.3 is 10.4 Å². The summed E-state index contributed by atoms with van der Waals surface area (Å²) in [5.41, 5.74) is 1.19. The third-order valence-electron chi connectivity index (χ3n) is 1.52. The fourth-order valence-corrected chi connectivity index (χ4v) is 0.926. The second-order valence-corrected chi connectivity index (χ2v) is 2.84. The zero-order chi connectivity index (χ0) is 8.81. The van der Waals surface area contributed by atoms with E-state index in [4.69, 9.17) is 5.11 Å². The Kier molecular flexibility index (Phi) is 3.70. The van der Waals surface area contributed by atoms with Crippen LogP contribution in [0.2, 0.25) is 0 Å². The summed E-state index contributed by atoms with van der Waals surface area (Å²) in [6.45, 7) is 3.18. The number of aliphatic hydroxyl groups excluding tert-OH is 1. The summed E-state index contributed by atoms with van der Waals surface area (Å²) >= 11 is 0. The lowest BCUT2D eigenvalue weighted by Crippen LogP contribution is -2.23. The van der Waals surface area contributed by atoms with Crippen LogP contribution in [0.25, 0.3) is 0 Å². The third kappa shape index (κ3) is 3.46. The van der Waals surface area contributed by atoms with Crippen molar-refractivity contribution in [1.29, 1.82) is 0 Å². The first kappa shape index (κ1) is 9.16. The maximum atomic E-state index is 8.96. The Labute approximate surface area is 72.5 Å². The monoisotopic (exact) mass is 166 g/mol. The number of hydrogen-bond donors (Lipinski definition) is 2. The zero-order valence-electron chi connectivity index (χ0n) is 7.20. The van der Waals surface area contributed by atoms with Crippen LogP contribution in [0.1, 0.15) is 12.5 Å². The molecular formula is C9H14N2O.